The summed E-state index contributed by atoms with van der Waals surface area (Å²) in [6, 6.07) is 17.4. The molecule has 1 heterocycles. The van der Waals surface area contributed by atoms with Crippen LogP contribution in [0.1, 0.15) is 32.6 Å². The number of anilines is 1. The SMILES string of the molecule is Cc1ccc(N2C(=O)/C(=C/c3ccc(OCc4ccc(C(=O)O)cc4)c(I)c3)C(=O)NC2=S)c(C)c1. The van der Waals surface area contributed by atoms with Crippen molar-refractivity contribution in [1.82, 2.24) is 5.32 Å². The first-order valence-electron chi connectivity index (χ1n) is 10.9. The van der Waals surface area contributed by atoms with Gasteiger partial charge in [-0.1, -0.05) is 35.9 Å². The van der Waals surface area contributed by atoms with Crippen LogP contribution in [0.15, 0.2) is 66.2 Å². The Morgan fingerprint density at radius 2 is 1.81 bits per heavy atom. The molecule has 7 nitrogen and oxygen atoms in total. The molecule has 0 saturated carbocycles. The van der Waals surface area contributed by atoms with Gasteiger partial charge in [0.2, 0.25) is 0 Å². The fraction of sp³-hybridized carbons (Fsp3) is 0.111. The van der Waals surface area contributed by atoms with Crippen LogP contribution in [0.4, 0.5) is 5.69 Å². The first kappa shape index (κ1) is 25.5. The van der Waals surface area contributed by atoms with Gasteiger partial charge < -0.3 is 9.84 Å². The molecule has 182 valence electrons. The minimum atomic E-state index is -0.981. The van der Waals surface area contributed by atoms with Gasteiger partial charge in [-0.3, -0.25) is 19.8 Å². The molecule has 0 radical (unpaired) electrons. The number of benzene rings is 3. The molecule has 0 unspecified atom stereocenters. The Morgan fingerprint density at radius 3 is 2.44 bits per heavy atom. The van der Waals surface area contributed by atoms with Gasteiger partial charge in [-0.15, -0.1) is 0 Å². The predicted molar refractivity (Wildman–Crippen MR) is 149 cm³/mol. The smallest absolute Gasteiger partial charge is 0.335 e. The van der Waals surface area contributed by atoms with E-state index in [0.29, 0.717) is 17.0 Å². The number of carboxylic acids is 1. The Hall–Kier alpha value is -3.57. The Balaban J connectivity index is 1.54. The van der Waals surface area contributed by atoms with Crippen molar-refractivity contribution in [2.24, 2.45) is 0 Å². The average molecular weight is 612 g/mol. The number of nitrogens with zero attached hydrogens (tertiary/aromatic N) is 1. The Bertz CT molecular complexity index is 1430. The third-order valence-corrected chi connectivity index (χ3v) is 6.68. The number of aromatic carboxylic acids is 1. The zero-order chi connectivity index (χ0) is 26.0. The minimum Gasteiger partial charge on any atom is -0.488 e. The lowest BCUT2D eigenvalue weighted by atomic mass is 10.0. The van der Waals surface area contributed by atoms with Crippen molar-refractivity contribution in [3.63, 3.8) is 0 Å². The van der Waals surface area contributed by atoms with E-state index in [1.807, 2.05) is 38.1 Å². The van der Waals surface area contributed by atoms with Crippen molar-refractivity contribution >= 4 is 69.5 Å². The van der Waals surface area contributed by atoms with E-state index in [9.17, 15) is 14.4 Å². The van der Waals surface area contributed by atoms with E-state index >= 15 is 0 Å². The van der Waals surface area contributed by atoms with Crippen molar-refractivity contribution in [2.75, 3.05) is 4.90 Å². The number of amides is 2. The molecule has 0 atom stereocenters. The van der Waals surface area contributed by atoms with Crippen LogP contribution in [0.5, 0.6) is 5.75 Å². The van der Waals surface area contributed by atoms with Crippen molar-refractivity contribution in [3.05, 3.63) is 97.6 Å². The maximum atomic E-state index is 13.3. The van der Waals surface area contributed by atoms with Gasteiger partial charge in [0.25, 0.3) is 11.8 Å². The number of ether oxygens (including phenoxy) is 1. The number of carbonyl (C=O) groups is 3. The van der Waals surface area contributed by atoms with Gasteiger partial charge in [0.15, 0.2) is 5.11 Å². The third kappa shape index (κ3) is 5.47. The van der Waals surface area contributed by atoms with E-state index in [0.717, 1.165) is 20.3 Å². The Labute approximate surface area is 226 Å². The maximum Gasteiger partial charge on any atom is 0.335 e. The highest BCUT2D eigenvalue weighted by Gasteiger charge is 2.35. The molecule has 0 bridgehead atoms. The zero-order valence-corrected chi connectivity index (χ0v) is 22.3. The number of nitrogens with one attached hydrogen (secondary N) is 1. The van der Waals surface area contributed by atoms with Crippen LogP contribution in [-0.2, 0) is 16.2 Å². The Kier molecular flexibility index (Phi) is 7.51. The number of carboxylic acid groups (broad SMARTS) is 1. The topological polar surface area (TPSA) is 95.9 Å². The van der Waals surface area contributed by atoms with Crippen molar-refractivity contribution in [3.8, 4) is 5.75 Å². The van der Waals surface area contributed by atoms with Crippen LogP contribution in [0.2, 0.25) is 0 Å². The zero-order valence-electron chi connectivity index (χ0n) is 19.4. The summed E-state index contributed by atoms with van der Waals surface area (Å²) in [5.41, 5.74) is 4.22. The number of aryl methyl sites for hydroxylation is 2. The quantitative estimate of drug-likeness (QED) is 0.176. The van der Waals surface area contributed by atoms with E-state index in [-0.39, 0.29) is 22.9 Å². The summed E-state index contributed by atoms with van der Waals surface area (Å²) in [5, 5.41) is 11.7. The van der Waals surface area contributed by atoms with Crippen molar-refractivity contribution in [1.29, 1.82) is 0 Å². The fourth-order valence-corrected chi connectivity index (χ4v) is 4.70. The predicted octanol–water partition coefficient (Wildman–Crippen LogP) is 5.02. The second-order valence-electron chi connectivity index (χ2n) is 8.23. The lowest BCUT2D eigenvalue weighted by Crippen LogP contribution is -2.54. The van der Waals surface area contributed by atoms with Gasteiger partial charge in [-0.05, 0) is 102 Å². The summed E-state index contributed by atoms with van der Waals surface area (Å²) in [6.07, 6.45) is 1.53. The summed E-state index contributed by atoms with van der Waals surface area (Å²) >= 11 is 7.42. The Morgan fingerprint density at radius 1 is 1.08 bits per heavy atom. The standard InChI is InChI=1S/C27H21IN2O5S/c1-15-3-9-22(16(2)11-15)30-25(32)20(24(31)29-27(30)36)12-18-6-10-23(21(28)13-18)35-14-17-4-7-19(8-5-17)26(33)34/h3-13H,14H2,1-2H3,(H,33,34)(H,29,31,36)/b20-12+. The van der Waals surface area contributed by atoms with Crippen LogP contribution in [0, 0.1) is 17.4 Å². The van der Waals surface area contributed by atoms with E-state index < -0.39 is 17.8 Å². The molecule has 2 N–H and O–H groups in total. The molecule has 0 spiro atoms. The molecule has 36 heavy (non-hydrogen) atoms. The number of thiocarbonyl (C=S) groups is 1. The summed E-state index contributed by atoms with van der Waals surface area (Å²) < 4.78 is 6.66. The van der Waals surface area contributed by atoms with Gasteiger partial charge >= 0.3 is 5.97 Å². The average Bonchev–Trinajstić information content (AvgIpc) is 2.82. The fourth-order valence-electron chi connectivity index (χ4n) is 3.73. The van der Waals surface area contributed by atoms with Gasteiger partial charge in [0.05, 0.1) is 14.8 Å². The van der Waals surface area contributed by atoms with Crippen LogP contribution in [0.25, 0.3) is 6.08 Å². The summed E-state index contributed by atoms with van der Waals surface area (Å²) in [5.74, 6) is -1.40. The van der Waals surface area contributed by atoms with E-state index in [2.05, 4.69) is 27.9 Å². The highest BCUT2D eigenvalue weighted by atomic mass is 127. The normalized spacial score (nSPS) is 14.7. The molecule has 1 fully saturated rings. The monoisotopic (exact) mass is 612 g/mol. The van der Waals surface area contributed by atoms with Crippen LogP contribution in [0.3, 0.4) is 0 Å². The van der Waals surface area contributed by atoms with Crippen molar-refractivity contribution in [2.45, 2.75) is 20.5 Å². The molecule has 3 aromatic carbocycles. The molecule has 1 saturated heterocycles. The number of carbonyl (C=O) groups excluding carboxylic acids is 2. The lowest BCUT2D eigenvalue weighted by molar-refractivity contribution is -0.122. The summed E-state index contributed by atoms with van der Waals surface area (Å²) in [6.45, 7) is 4.11. The highest BCUT2D eigenvalue weighted by molar-refractivity contribution is 14.1. The van der Waals surface area contributed by atoms with Gasteiger partial charge in [0.1, 0.15) is 17.9 Å². The number of hydrogen-bond acceptors (Lipinski definition) is 5. The first-order valence-corrected chi connectivity index (χ1v) is 12.4. The summed E-state index contributed by atoms with van der Waals surface area (Å²) in [4.78, 5) is 38.3. The second-order valence-corrected chi connectivity index (χ2v) is 9.78. The van der Waals surface area contributed by atoms with Gasteiger partial charge in [0, 0.05) is 0 Å². The molecule has 9 heteroatoms. The number of halogens is 1. The van der Waals surface area contributed by atoms with E-state index in [1.165, 1.54) is 23.1 Å². The lowest BCUT2D eigenvalue weighted by Gasteiger charge is -2.30. The van der Waals surface area contributed by atoms with Crippen LogP contribution < -0.4 is 15.0 Å². The van der Waals surface area contributed by atoms with Crippen molar-refractivity contribution < 1.29 is 24.2 Å². The molecule has 3 aromatic rings. The third-order valence-electron chi connectivity index (χ3n) is 5.56. The molecule has 4 rings (SSSR count). The molecule has 1 aliphatic rings. The van der Waals surface area contributed by atoms with E-state index in [4.69, 9.17) is 22.1 Å². The molecule has 1 aliphatic heterocycles. The first-order chi connectivity index (χ1) is 17.1. The number of rotatable bonds is 6. The molecule has 0 aromatic heterocycles. The molecular formula is C27H21IN2O5S. The van der Waals surface area contributed by atoms with Crippen LogP contribution in [-0.4, -0.2) is 28.0 Å². The second kappa shape index (κ2) is 10.6. The van der Waals surface area contributed by atoms with Gasteiger partial charge in [-0.2, -0.15) is 0 Å². The van der Waals surface area contributed by atoms with E-state index in [1.54, 1.807) is 24.3 Å². The summed E-state index contributed by atoms with van der Waals surface area (Å²) in [7, 11) is 0. The maximum absolute atomic E-state index is 13.3. The number of hydrogen-bond donors (Lipinski definition) is 2. The van der Waals surface area contributed by atoms with Crippen LogP contribution >= 0.6 is 34.8 Å². The highest BCUT2D eigenvalue weighted by Crippen LogP contribution is 2.28. The minimum absolute atomic E-state index is 0.0217. The molecular weight excluding hydrogens is 591 g/mol. The van der Waals surface area contributed by atoms with Gasteiger partial charge in [-0.25, -0.2) is 4.79 Å². The molecule has 2 amide bonds. The largest absolute Gasteiger partial charge is 0.488 e. The molecule has 0 aliphatic carbocycles.